The average Bonchev–Trinajstić information content (AvgIpc) is 3.16. The van der Waals surface area contributed by atoms with Gasteiger partial charge in [-0.15, -0.1) is 5.10 Å². The molecule has 0 aliphatic heterocycles. The molecular formula is C15H16FN5O. The number of hydrogen-bond donors (Lipinski definition) is 1. The summed E-state index contributed by atoms with van der Waals surface area (Å²) in [5.41, 5.74) is 1.55. The molecule has 0 bridgehead atoms. The van der Waals surface area contributed by atoms with Crippen LogP contribution in [0.3, 0.4) is 0 Å². The summed E-state index contributed by atoms with van der Waals surface area (Å²) in [6.07, 6.45) is 4.01. The lowest BCUT2D eigenvalue weighted by Gasteiger charge is -1.99. The molecule has 0 aliphatic rings. The summed E-state index contributed by atoms with van der Waals surface area (Å²) in [5, 5.41) is 15.0. The van der Waals surface area contributed by atoms with Crippen molar-refractivity contribution in [3.63, 3.8) is 0 Å². The van der Waals surface area contributed by atoms with E-state index < -0.39 is 0 Å². The fourth-order valence-corrected chi connectivity index (χ4v) is 2.05. The third kappa shape index (κ3) is 3.30. The quantitative estimate of drug-likeness (QED) is 0.758. The summed E-state index contributed by atoms with van der Waals surface area (Å²) >= 11 is 0. The molecule has 0 saturated carbocycles. The zero-order valence-corrected chi connectivity index (χ0v) is 12.2. The monoisotopic (exact) mass is 301 g/mol. The van der Waals surface area contributed by atoms with E-state index in [1.54, 1.807) is 24.4 Å². The standard InChI is InChI=1S/C15H16FN5O/c1-2-21-10-11(9-18-21)8-17-15-20-19-14(22-15)7-12-5-3-4-6-13(12)16/h3-6,9-10H,2,7-8H2,1H3,(H,17,20). The molecule has 0 unspecified atom stereocenters. The van der Waals surface area contributed by atoms with Gasteiger partial charge in [-0.25, -0.2) is 4.39 Å². The Kier molecular flexibility index (Phi) is 4.13. The number of aromatic nitrogens is 4. The second-order valence-corrected chi connectivity index (χ2v) is 4.83. The minimum Gasteiger partial charge on any atom is -0.408 e. The van der Waals surface area contributed by atoms with Gasteiger partial charge in [0.25, 0.3) is 0 Å². The van der Waals surface area contributed by atoms with Crippen LogP contribution in [0.25, 0.3) is 0 Å². The van der Waals surface area contributed by atoms with E-state index in [0.717, 1.165) is 12.1 Å². The zero-order valence-electron chi connectivity index (χ0n) is 12.2. The Morgan fingerprint density at radius 1 is 1.27 bits per heavy atom. The van der Waals surface area contributed by atoms with Crippen LogP contribution in [0, 0.1) is 5.82 Å². The largest absolute Gasteiger partial charge is 0.408 e. The van der Waals surface area contributed by atoms with Gasteiger partial charge >= 0.3 is 6.01 Å². The predicted molar refractivity (Wildman–Crippen MR) is 78.7 cm³/mol. The minimum absolute atomic E-state index is 0.273. The van der Waals surface area contributed by atoms with Crippen molar-refractivity contribution in [2.75, 3.05) is 5.32 Å². The zero-order chi connectivity index (χ0) is 15.4. The van der Waals surface area contributed by atoms with Gasteiger partial charge in [-0.2, -0.15) is 5.10 Å². The number of rotatable bonds is 6. The van der Waals surface area contributed by atoms with Crippen molar-refractivity contribution < 1.29 is 8.81 Å². The highest BCUT2D eigenvalue weighted by Crippen LogP contribution is 2.14. The molecule has 0 atom stereocenters. The SMILES string of the molecule is CCn1cc(CNc2nnc(Cc3ccccc3F)o2)cn1. The summed E-state index contributed by atoms with van der Waals surface area (Å²) in [7, 11) is 0. The van der Waals surface area contributed by atoms with Gasteiger partial charge in [0, 0.05) is 24.8 Å². The summed E-state index contributed by atoms with van der Waals surface area (Å²) in [4.78, 5) is 0. The summed E-state index contributed by atoms with van der Waals surface area (Å²) in [5.74, 6) is 0.0963. The second kappa shape index (κ2) is 6.38. The molecule has 1 N–H and O–H groups in total. The molecule has 2 aromatic heterocycles. The molecule has 2 heterocycles. The third-order valence-corrected chi connectivity index (χ3v) is 3.22. The highest BCUT2D eigenvalue weighted by Gasteiger charge is 2.09. The van der Waals surface area contributed by atoms with Crippen LogP contribution >= 0.6 is 0 Å². The summed E-state index contributed by atoms with van der Waals surface area (Å²) < 4.78 is 20.9. The number of halogens is 1. The van der Waals surface area contributed by atoms with E-state index in [1.165, 1.54) is 6.07 Å². The van der Waals surface area contributed by atoms with Crippen molar-refractivity contribution in [2.24, 2.45) is 0 Å². The molecule has 0 spiro atoms. The first-order chi connectivity index (χ1) is 10.7. The van der Waals surface area contributed by atoms with Gasteiger partial charge in [0.05, 0.1) is 12.6 Å². The Hall–Kier alpha value is -2.70. The molecule has 1 aromatic carbocycles. The van der Waals surface area contributed by atoms with Gasteiger partial charge in [-0.05, 0) is 18.6 Å². The first-order valence-electron chi connectivity index (χ1n) is 7.05. The molecule has 7 heteroatoms. The molecule has 3 aromatic rings. The van der Waals surface area contributed by atoms with Gasteiger partial charge in [-0.3, -0.25) is 4.68 Å². The third-order valence-electron chi connectivity index (χ3n) is 3.22. The maximum absolute atomic E-state index is 13.6. The topological polar surface area (TPSA) is 68.8 Å². The van der Waals surface area contributed by atoms with Crippen LogP contribution in [0.2, 0.25) is 0 Å². The molecule has 0 radical (unpaired) electrons. The molecule has 0 amide bonds. The molecule has 6 nitrogen and oxygen atoms in total. The molecule has 0 fully saturated rings. The fraction of sp³-hybridized carbons (Fsp3) is 0.267. The predicted octanol–water partition coefficient (Wildman–Crippen LogP) is 2.63. The van der Waals surface area contributed by atoms with E-state index >= 15 is 0 Å². The van der Waals surface area contributed by atoms with E-state index in [0.29, 0.717) is 24.0 Å². The Bertz CT molecular complexity index is 752. The van der Waals surface area contributed by atoms with E-state index in [4.69, 9.17) is 4.42 Å². The van der Waals surface area contributed by atoms with Crippen LogP contribution in [0.5, 0.6) is 0 Å². The normalized spacial score (nSPS) is 10.8. The van der Waals surface area contributed by atoms with Gasteiger partial charge < -0.3 is 9.73 Å². The summed E-state index contributed by atoms with van der Waals surface area (Å²) in [6, 6.07) is 6.85. The van der Waals surface area contributed by atoms with Gasteiger partial charge in [-0.1, -0.05) is 23.3 Å². The van der Waals surface area contributed by atoms with Gasteiger partial charge in [0.15, 0.2) is 0 Å². The maximum atomic E-state index is 13.6. The van der Waals surface area contributed by atoms with E-state index in [-0.39, 0.29) is 12.2 Å². The number of nitrogens with one attached hydrogen (secondary N) is 1. The lowest BCUT2D eigenvalue weighted by Crippen LogP contribution is -1.98. The smallest absolute Gasteiger partial charge is 0.315 e. The van der Waals surface area contributed by atoms with Crippen molar-refractivity contribution in [3.8, 4) is 0 Å². The second-order valence-electron chi connectivity index (χ2n) is 4.83. The molecule has 3 rings (SSSR count). The van der Waals surface area contributed by atoms with E-state index in [9.17, 15) is 4.39 Å². The van der Waals surface area contributed by atoms with Crippen molar-refractivity contribution >= 4 is 6.01 Å². The first-order valence-corrected chi connectivity index (χ1v) is 7.05. The van der Waals surface area contributed by atoms with Crippen LogP contribution in [0.1, 0.15) is 23.9 Å². The lowest BCUT2D eigenvalue weighted by molar-refractivity contribution is 0.510. The molecular weight excluding hydrogens is 285 g/mol. The van der Waals surface area contributed by atoms with Crippen molar-refractivity contribution in [1.82, 2.24) is 20.0 Å². The Labute approximate surface area is 127 Å². The van der Waals surface area contributed by atoms with Crippen LogP contribution < -0.4 is 5.32 Å². The van der Waals surface area contributed by atoms with Crippen molar-refractivity contribution in [3.05, 3.63) is 59.5 Å². The van der Waals surface area contributed by atoms with Crippen LogP contribution in [-0.4, -0.2) is 20.0 Å². The minimum atomic E-state index is -0.276. The van der Waals surface area contributed by atoms with E-state index in [2.05, 4.69) is 20.6 Å². The Morgan fingerprint density at radius 2 is 2.14 bits per heavy atom. The van der Waals surface area contributed by atoms with Crippen LogP contribution in [0.4, 0.5) is 10.4 Å². The van der Waals surface area contributed by atoms with Gasteiger partial charge in [0.2, 0.25) is 5.89 Å². The number of anilines is 1. The molecule has 0 aliphatic carbocycles. The molecule has 0 saturated heterocycles. The van der Waals surface area contributed by atoms with E-state index in [1.807, 2.05) is 17.8 Å². The summed E-state index contributed by atoms with van der Waals surface area (Å²) in [6.45, 7) is 3.39. The highest BCUT2D eigenvalue weighted by atomic mass is 19.1. The number of hydrogen-bond acceptors (Lipinski definition) is 5. The number of aryl methyl sites for hydroxylation is 1. The molecule has 114 valence electrons. The first kappa shape index (κ1) is 14.2. The fourth-order valence-electron chi connectivity index (χ4n) is 2.05. The van der Waals surface area contributed by atoms with Gasteiger partial charge in [0.1, 0.15) is 5.82 Å². The van der Waals surface area contributed by atoms with Crippen LogP contribution in [-0.2, 0) is 19.5 Å². The Morgan fingerprint density at radius 3 is 2.91 bits per heavy atom. The van der Waals surface area contributed by atoms with Crippen molar-refractivity contribution in [2.45, 2.75) is 26.4 Å². The number of benzene rings is 1. The molecule has 22 heavy (non-hydrogen) atoms. The van der Waals surface area contributed by atoms with Crippen LogP contribution in [0.15, 0.2) is 41.1 Å². The van der Waals surface area contributed by atoms with Crippen molar-refractivity contribution in [1.29, 1.82) is 0 Å². The number of nitrogens with zero attached hydrogens (tertiary/aromatic N) is 4. The average molecular weight is 301 g/mol. The lowest BCUT2D eigenvalue weighted by atomic mass is 10.1. The maximum Gasteiger partial charge on any atom is 0.315 e. The Balaban J connectivity index is 1.60. The highest BCUT2D eigenvalue weighted by molar-refractivity contribution is 5.23.